The number of nitrogens with zero attached hydrogens (tertiary/aromatic N) is 2. The minimum Gasteiger partial charge on any atom is -0.462 e. The molecule has 2 saturated heterocycles. The molecule has 3 rings (SSSR count). The SMILES string of the molecule is C=CC1CC(C=C)C(C(=O)OC2CC(C)(C)N(OC)C(C)(C)C2)C1C(=O)OC1CC(C)(C)N(OC)C(C)(C)C1. The third-order valence-electron chi connectivity index (χ3n) is 9.04. The first-order valence-electron chi connectivity index (χ1n) is 14.3. The molecule has 8 nitrogen and oxygen atoms in total. The van der Waals surface area contributed by atoms with E-state index in [0.717, 1.165) is 0 Å². The second-order valence-electron chi connectivity index (χ2n) is 14.2. The molecule has 0 aromatic heterocycles. The Balaban J connectivity index is 1.81. The summed E-state index contributed by atoms with van der Waals surface area (Å²) in [6, 6.07) is 0. The third kappa shape index (κ3) is 6.29. The first kappa shape index (κ1) is 31.8. The topological polar surface area (TPSA) is 77.5 Å². The van der Waals surface area contributed by atoms with Gasteiger partial charge in [0.05, 0.1) is 26.1 Å². The van der Waals surface area contributed by atoms with Gasteiger partial charge in [0.15, 0.2) is 0 Å². The zero-order valence-corrected chi connectivity index (χ0v) is 25.9. The molecule has 0 bridgehead atoms. The number of carbonyl (C=O) groups excluding carboxylic acids is 2. The quantitative estimate of drug-likeness (QED) is 0.292. The zero-order valence-electron chi connectivity index (χ0n) is 25.9. The molecule has 0 N–H and O–H groups in total. The van der Waals surface area contributed by atoms with Crippen LogP contribution in [0.1, 0.15) is 87.5 Å². The summed E-state index contributed by atoms with van der Waals surface area (Å²) in [5.74, 6) is -2.43. The summed E-state index contributed by atoms with van der Waals surface area (Å²) in [6.45, 7) is 24.7. The van der Waals surface area contributed by atoms with Crippen molar-refractivity contribution in [3.63, 3.8) is 0 Å². The van der Waals surface area contributed by atoms with Crippen LogP contribution in [0.4, 0.5) is 0 Å². The van der Waals surface area contributed by atoms with E-state index in [1.165, 1.54) is 0 Å². The zero-order chi connectivity index (χ0) is 29.6. The van der Waals surface area contributed by atoms with Gasteiger partial charge < -0.3 is 19.1 Å². The predicted octanol–water partition coefficient (Wildman–Crippen LogP) is 5.48. The Bertz CT molecular complexity index is 831. The summed E-state index contributed by atoms with van der Waals surface area (Å²) in [5, 5.41) is 3.97. The monoisotopic (exact) mass is 548 g/mol. The van der Waals surface area contributed by atoms with Crippen LogP contribution in [0.15, 0.2) is 25.3 Å². The van der Waals surface area contributed by atoms with E-state index < -0.39 is 11.8 Å². The molecule has 8 heteroatoms. The van der Waals surface area contributed by atoms with Crippen LogP contribution in [-0.4, -0.2) is 70.6 Å². The van der Waals surface area contributed by atoms with Crippen LogP contribution in [0.25, 0.3) is 0 Å². The van der Waals surface area contributed by atoms with Crippen molar-refractivity contribution in [1.29, 1.82) is 0 Å². The first-order valence-corrected chi connectivity index (χ1v) is 14.3. The average Bonchev–Trinajstić information content (AvgIpc) is 3.15. The largest absolute Gasteiger partial charge is 0.462 e. The van der Waals surface area contributed by atoms with E-state index in [2.05, 4.69) is 68.5 Å². The van der Waals surface area contributed by atoms with Crippen molar-refractivity contribution in [1.82, 2.24) is 10.1 Å². The fourth-order valence-corrected chi connectivity index (χ4v) is 8.25. The standard InChI is InChI=1S/C31H52N2O6/c1-13-20-15-21(14-2)25(27(35)39-23-18-30(7,8)33(37-12)31(9,10)19-23)24(20)26(34)38-22-16-28(3,4)32(36-11)29(5,6)17-22/h13-14,20-25H,1-2,15-19H2,3-12H3. The molecule has 4 unspecified atom stereocenters. The second-order valence-corrected chi connectivity index (χ2v) is 14.2. The Morgan fingerprint density at radius 2 is 0.923 bits per heavy atom. The fraction of sp³-hybridized carbons (Fsp3) is 0.806. The summed E-state index contributed by atoms with van der Waals surface area (Å²) in [6.07, 6.45) is 6.10. The normalized spacial score (nSPS) is 32.9. The summed E-state index contributed by atoms with van der Waals surface area (Å²) in [4.78, 5) is 39.1. The number of allylic oxidation sites excluding steroid dienone is 2. The summed E-state index contributed by atoms with van der Waals surface area (Å²) < 4.78 is 12.4. The van der Waals surface area contributed by atoms with Gasteiger partial charge >= 0.3 is 11.9 Å². The number of esters is 2. The van der Waals surface area contributed by atoms with E-state index in [0.29, 0.717) is 32.1 Å². The average molecular weight is 549 g/mol. The maximum Gasteiger partial charge on any atom is 0.310 e. The van der Waals surface area contributed by atoms with E-state index in [9.17, 15) is 9.59 Å². The molecule has 2 heterocycles. The van der Waals surface area contributed by atoms with E-state index in [4.69, 9.17) is 19.1 Å². The van der Waals surface area contributed by atoms with Gasteiger partial charge in [0.2, 0.25) is 0 Å². The Morgan fingerprint density at radius 3 is 1.15 bits per heavy atom. The number of hydrogen-bond acceptors (Lipinski definition) is 8. The van der Waals surface area contributed by atoms with Crippen LogP contribution in [-0.2, 0) is 28.7 Å². The van der Waals surface area contributed by atoms with Crippen LogP contribution in [0.2, 0.25) is 0 Å². The molecule has 0 aromatic carbocycles. The maximum atomic E-state index is 13.8. The van der Waals surface area contributed by atoms with Crippen LogP contribution in [0.3, 0.4) is 0 Å². The number of ether oxygens (including phenoxy) is 2. The number of hydroxylamine groups is 4. The lowest BCUT2D eigenvalue weighted by molar-refractivity contribution is -0.279. The van der Waals surface area contributed by atoms with Crippen molar-refractivity contribution in [2.24, 2.45) is 23.7 Å². The number of hydrogen-bond donors (Lipinski definition) is 0. The van der Waals surface area contributed by atoms with Crippen LogP contribution < -0.4 is 0 Å². The molecule has 222 valence electrons. The van der Waals surface area contributed by atoms with Crippen LogP contribution >= 0.6 is 0 Å². The molecule has 0 aromatic rings. The highest BCUT2D eigenvalue weighted by atomic mass is 16.7. The fourth-order valence-electron chi connectivity index (χ4n) is 8.25. The van der Waals surface area contributed by atoms with Gasteiger partial charge in [0.25, 0.3) is 0 Å². The van der Waals surface area contributed by atoms with Crippen molar-refractivity contribution < 1.29 is 28.7 Å². The Kier molecular flexibility index (Phi) is 9.18. The molecule has 0 radical (unpaired) electrons. The van der Waals surface area contributed by atoms with Gasteiger partial charge in [-0.05, 0) is 73.6 Å². The second kappa shape index (κ2) is 11.3. The van der Waals surface area contributed by atoms with Crippen molar-refractivity contribution in [3.05, 3.63) is 25.3 Å². The molecular weight excluding hydrogens is 496 g/mol. The third-order valence-corrected chi connectivity index (χ3v) is 9.04. The van der Waals surface area contributed by atoms with E-state index >= 15 is 0 Å². The Morgan fingerprint density at radius 1 is 0.641 bits per heavy atom. The van der Waals surface area contributed by atoms with Gasteiger partial charge in [-0.3, -0.25) is 9.59 Å². The van der Waals surface area contributed by atoms with E-state index in [1.54, 1.807) is 26.4 Å². The highest BCUT2D eigenvalue weighted by Gasteiger charge is 2.54. The van der Waals surface area contributed by atoms with Gasteiger partial charge in [0, 0.05) is 47.8 Å². The number of carbonyl (C=O) groups is 2. The molecule has 3 fully saturated rings. The van der Waals surface area contributed by atoms with Crippen LogP contribution in [0.5, 0.6) is 0 Å². The number of rotatable bonds is 8. The molecule has 0 amide bonds. The van der Waals surface area contributed by atoms with Crippen molar-refractivity contribution >= 4 is 11.9 Å². The minimum absolute atomic E-state index is 0.193. The molecule has 3 aliphatic rings. The lowest BCUT2D eigenvalue weighted by atomic mass is 9.79. The summed E-state index contributed by atoms with van der Waals surface area (Å²) >= 11 is 0. The van der Waals surface area contributed by atoms with E-state index in [1.807, 2.05) is 10.1 Å². The van der Waals surface area contributed by atoms with Crippen molar-refractivity contribution in [2.45, 2.75) is 122 Å². The minimum atomic E-state index is -0.662. The summed E-state index contributed by atoms with van der Waals surface area (Å²) in [7, 11) is 3.35. The highest BCUT2D eigenvalue weighted by Crippen LogP contribution is 2.47. The molecule has 0 spiro atoms. The Hall–Kier alpha value is -1.74. The van der Waals surface area contributed by atoms with Gasteiger partial charge in [-0.1, -0.05) is 12.2 Å². The van der Waals surface area contributed by atoms with Gasteiger partial charge in [-0.25, -0.2) is 0 Å². The first-order chi connectivity index (χ1) is 17.9. The smallest absolute Gasteiger partial charge is 0.310 e. The highest BCUT2D eigenvalue weighted by molar-refractivity contribution is 5.84. The Labute approximate surface area is 235 Å². The van der Waals surface area contributed by atoms with Crippen LogP contribution in [0, 0.1) is 23.7 Å². The summed E-state index contributed by atoms with van der Waals surface area (Å²) in [5.41, 5.74) is -1.30. The lowest BCUT2D eigenvalue weighted by Crippen LogP contribution is -2.62. The molecule has 1 aliphatic carbocycles. The molecule has 39 heavy (non-hydrogen) atoms. The van der Waals surface area contributed by atoms with E-state index in [-0.39, 0.29) is 58.1 Å². The molecule has 2 aliphatic heterocycles. The number of piperidine rings is 2. The predicted molar refractivity (Wildman–Crippen MR) is 151 cm³/mol. The van der Waals surface area contributed by atoms with Crippen molar-refractivity contribution in [2.75, 3.05) is 14.2 Å². The lowest BCUT2D eigenvalue weighted by Gasteiger charge is -2.53. The van der Waals surface area contributed by atoms with Gasteiger partial charge in [0.1, 0.15) is 12.2 Å². The van der Waals surface area contributed by atoms with Gasteiger partial charge in [-0.15, -0.1) is 13.2 Å². The maximum absolute atomic E-state index is 13.8. The molecule has 1 saturated carbocycles. The molecule has 4 atom stereocenters. The van der Waals surface area contributed by atoms with Crippen molar-refractivity contribution in [3.8, 4) is 0 Å². The molecular formula is C31H52N2O6. The van der Waals surface area contributed by atoms with Gasteiger partial charge in [-0.2, -0.15) is 10.1 Å².